The summed E-state index contributed by atoms with van der Waals surface area (Å²) in [4.78, 5) is 28.8. The van der Waals surface area contributed by atoms with Gasteiger partial charge in [0.2, 0.25) is 0 Å². The molecule has 0 aromatic heterocycles. The highest BCUT2D eigenvalue weighted by Gasteiger charge is 2.26. The highest BCUT2D eigenvalue weighted by molar-refractivity contribution is 5.97. The zero-order valence-electron chi connectivity index (χ0n) is 16.3. The zero-order chi connectivity index (χ0) is 19.3. The molecule has 144 valence electrons. The van der Waals surface area contributed by atoms with Gasteiger partial charge in [-0.05, 0) is 39.3 Å². The van der Waals surface area contributed by atoms with E-state index in [0.29, 0.717) is 43.2 Å². The van der Waals surface area contributed by atoms with E-state index in [1.165, 1.54) is 7.11 Å². The molecule has 0 saturated carbocycles. The van der Waals surface area contributed by atoms with Crippen molar-refractivity contribution >= 4 is 11.9 Å². The molecule has 0 spiro atoms. The van der Waals surface area contributed by atoms with Gasteiger partial charge in [0.15, 0.2) is 0 Å². The van der Waals surface area contributed by atoms with Crippen LogP contribution in [0.15, 0.2) is 18.2 Å². The average molecular weight is 363 g/mol. The minimum atomic E-state index is -0.282. The molecule has 1 saturated heterocycles. The van der Waals surface area contributed by atoms with E-state index in [1.807, 2.05) is 20.8 Å². The smallest absolute Gasteiger partial charge is 0.317 e. The SMILES string of the molecule is COc1ccc(C(=O)N2CCCN(C(=O)NC(C)(C)C)CC2)c(OC)c1. The fraction of sp³-hybridized carbons (Fsp3) is 0.579. The van der Waals surface area contributed by atoms with Crippen LogP contribution in [0, 0.1) is 0 Å². The van der Waals surface area contributed by atoms with Crippen molar-refractivity contribution in [1.29, 1.82) is 0 Å². The highest BCUT2D eigenvalue weighted by atomic mass is 16.5. The quantitative estimate of drug-likeness (QED) is 0.895. The Hall–Kier alpha value is -2.44. The minimum absolute atomic E-state index is 0.0890. The van der Waals surface area contributed by atoms with Crippen LogP contribution in [0.3, 0.4) is 0 Å². The molecule has 1 aliphatic heterocycles. The molecule has 1 heterocycles. The van der Waals surface area contributed by atoms with E-state index in [-0.39, 0.29) is 17.5 Å². The largest absolute Gasteiger partial charge is 0.497 e. The Labute approximate surface area is 155 Å². The predicted octanol–water partition coefficient (Wildman–Crippen LogP) is 2.36. The number of hydrogen-bond acceptors (Lipinski definition) is 4. The fourth-order valence-electron chi connectivity index (χ4n) is 2.87. The molecule has 0 atom stereocenters. The first kappa shape index (κ1) is 19.9. The normalized spacial score (nSPS) is 15.3. The van der Waals surface area contributed by atoms with Crippen LogP contribution >= 0.6 is 0 Å². The molecule has 1 aliphatic rings. The molecule has 0 radical (unpaired) electrons. The topological polar surface area (TPSA) is 71.1 Å². The lowest BCUT2D eigenvalue weighted by atomic mass is 10.1. The Morgan fingerprint density at radius 2 is 1.65 bits per heavy atom. The van der Waals surface area contributed by atoms with Gasteiger partial charge in [0.25, 0.3) is 5.91 Å². The van der Waals surface area contributed by atoms with Gasteiger partial charge in [0, 0.05) is 37.8 Å². The number of nitrogens with one attached hydrogen (secondary N) is 1. The van der Waals surface area contributed by atoms with Gasteiger partial charge in [0.05, 0.1) is 19.8 Å². The Morgan fingerprint density at radius 1 is 1.00 bits per heavy atom. The summed E-state index contributed by atoms with van der Waals surface area (Å²) in [6, 6.07) is 5.08. The van der Waals surface area contributed by atoms with Crippen molar-refractivity contribution in [3.8, 4) is 11.5 Å². The van der Waals surface area contributed by atoms with Crippen molar-refractivity contribution in [3.05, 3.63) is 23.8 Å². The summed E-state index contributed by atoms with van der Waals surface area (Å²) in [7, 11) is 3.11. The van der Waals surface area contributed by atoms with Gasteiger partial charge in [-0.15, -0.1) is 0 Å². The maximum absolute atomic E-state index is 12.9. The van der Waals surface area contributed by atoms with E-state index in [4.69, 9.17) is 9.47 Å². The highest BCUT2D eigenvalue weighted by Crippen LogP contribution is 2.26. The van der Waals surface area contributed by atoms with Crippen molar-refractivity contribution < 1.29 is 19.1 Å². The van der Waals surface area contributed by atoms with Gasteiger partial charge in [-0.3, -0.25) is 4.79 Å². The molecule has 26 heavy (non-hydrogen) atoms. The molecular weight excluding hydrogens is 334 g/mol. The number of ether oxygens (including phenoxy) is 2. The summed E-state index contributed by atoms with van der Waals surface area (Å²) in [5, 5.41) is 2.97. The summed E-state index contributed by atoms with van der Waals surface area (Å²) < 4.78 is 10.5. The summed E-state index contributed by atoms with van der Waals surface area (Å²) in [5.41, 5.74) is 0.218. The Bertz CT molecular complexity index is 655. The molecule has 0 unspecified atom stereocenters. The number of hydrogen-bond donors (Lipinski definition) is 1. The zero-order valence-corrected chi connectivity index (χ0v) is 16.3. The molecule has 2 rings (SSSR count). The van der Waals surface area contributed by atoms with Gasteiger partial charge in [-0.2, -0.15) is 0 Å². The molecule has 3 amide bonds. The first-order valence-electron chi connectivity index (χ1n) is 8.83. The fourth-order valence-corrected chi connectivity index (χ4v) is 2.87. The van der Waals surface area contributed by atoms with Crippen LogP contribution in [-0.2, 0) is 0 Å². The van der Waals surface area contributed by atoms with E-state index in [1.54, 1.807) is 35.1 Å². The molecule has 1 N–H and O–H groups in total. The molecule has 7 nitrogen and oxygen atoms in total. The second-order valence-corrected chi connectivity index (χ2v) is 7.38. The summed E-state index contributed by atoms with van der Waals surface area (Å²) >= 11 is 0. The van der Waals surface area contributed by atoms with Gasteiger partial charge in [0.1, 0.15) is 11.5 Å². The standard InChI is InChI=1S/C19H29N3O4/c1-19(2,3)20-18(24)22-10-6-9-21(11-12-22)17(23)15-8-7-14(25-4)13-16(15)26-5/h7-8,13H,6,9-12H2,1-5H3,(H,20,24). The first-order chi connectivity index (χ1) is 12.2. The Balaban J connectivity index is 2.07. The number of carbonyl (C=O) groups is 2. The molecule has 0 aliphatic carbocycles. The summed E-state index contributed by atoms with van der Waals surface area (Å²) in [6.45, 7) is 8.09. The summed E-state index contributed by atoms with van der Waals surface area (Å²) in [5.74, 6) is 1.03. The molecule has 7 heteroatoms. The molecule has 1 fully saturated rings. The van der Waals surface area contributed by atoms with Gasteiger partial charge >= 0.3 is 6.03 Å². The van der Waals surface area contributed by atoms with Crippen molar-refractivity contribution in [3.63, 3.8) is 0 Å². The van der Waals surface area contributed by atoms with Crippen LogP contribution in [0.1, 0.15) is 37.6 Å². The maximum Gasteiger partial charge on any atom is 0.317 e. The third-order valence-electron chi connectivity index (χ3n) is 4.19. The van der Waals surface area contributed by atoms with E-state index in [0.717, 1.165) is 6.42 Å². The van der Waals surface area contributed by atoms with Crippen LogP contribution < -0.4 is 14.8 Å². The Morgan fingerprint density at radius 3 is 2.27 bits per heavy atom. The van der Waals surface area contributed by atoms with Crippen molar-refractivity contribution in [2.24, 2.45) is 0 Å². The Kier molecular flexibility index (Phi) is 6.34. The maximum atomic E-state index is 12.9. The van der Waals surface area contributed by atoms with E-state index in [2.05, 4.69) is 5.32 Å². The summed E-state index contributed by atoms with van der Waals surface area (Å²) in [6.07, 6.45) is 0.738. The van der Waals surface area contributed by atoms with Crippen LogP contribution in [0.4, 0.5) is 4.79 Å². The van der Waals surface area contributed by atoms with Crippen LogP contribution in [-0.4, -0.2) is 67.7 Å². The first-order valence-corrected chi connectivity index (χ1v) is 8.83. The third kappa shape index (κ3) is 5.03. The molecule has 1 aromatic carbocycles. The second-order valence-electron chi connectivity index (χ2n) is 7.38. The van der Waals surface area contributed by atoms with Gasteiger partial charge in [-0.1, -0.05) is 0 Å². The number of rotatable bonds is 3. The number of amides is 3. The lowest BCUT2D eigenvalue weighted by Gasteiger charge is -2.27. The van der Waals surface area contributed by atoms with E-state index < -0.39 is 0 Å². The van der Waals surface area contributed by atoms with Crippen LogP contribution in [0.2, 0.25) is 0 Å². The van der Waals surface area contributed by atoms with Crippen molar-refractivity contribution in [1.82, 2.24) is 15.1 Å². The van der Waals surface area contributed by atoms with Gasteiger partial charge in [-0.25, -0.2) is 4.79 Å². The monoisotopic (exact) mass is 363 g/mol. The average Bonchev–Trinajstić information content (AvgIpc) is 2.85. The minimum Gasteiger partial charge on any atom is -0.497 e. The number of methoxy groups -OCH3 is 2. The van der Waals surface area contributed by atoms with Crippen LogP contribution in [0.5, 0.6) is 11.5 Å². The van der Waals surface area contributed by atoms with Crippen LogP contribution in [0.25, 0.3) is 0 Å². The number of nitrogens with zero attached hydrogens (tertiary/aromatic N) is 2. The third-order valence-corrected chi connectivity index (χ3v) is 4.19. The second kappa shape index (κ2) is 8.29. The molecule has 0 bridgehead atoms. The van der Waals surface area contributed by atoms with Crippen molar-refractivity contribution in [2.45, 2.75) is 32.7 Å². The number of urea groups is 1. The predicted molar refractivity (Wildman–Crippen MR) is 99.9 cm³/mol. The molecule has 1 aromatic rings. The number of carbonyl (C=O) groups excluding carboxylic acids is 2. The lowest BCUT2D eigenvalue weighted by Crippen LogP contribution is -2.49. The molecular formula is C19H29N3O4. The van der Waals surface area contributed by atoms with Crippen molar-refractivity contribution in [2.75, 3.05) is 40.4 Å². The van der Waals surface area contributed by atoms with E-state index in [9.17, 15) is 9.59 Å². The number of benzene rings is 1. The lowest BCUT2D eigenvalue weighted by molar-refractivity contribution is 0.0758. The van der Waals surface area contributed by atoms with Gasteiger partial charge < -0.3 is 24.6 Å². The van der Waals surface area contributed by atoms with E-state index >= 15 is 0 Å².